The molecule has 1 aromatic carbocycles. The summed E-state index contributed by atoms with van der Waals surface area (Å²) in [5.41, 5.74) is 1.31. The van der Waals surface area contributed by atoms with Gasteiger partial charge in [-0.2, -0.15) is 0 Å². The molecule has 3 nitrogen and oxygen atoms in total. The van der Waals surface area contributed by atoms with Crippen molar-refractivity contribution in [3.63, 3.8) is 0 Å². The van der Waals surface area contributed by atoms with Crippen LogP contribution >= 0.6 is 31.9 Å². The van der Waals surface area contributed by atoms with Crippen LogP contribution in [0.5, 0.6) is 0 Å². The Labute approximate surface area is 144 Å². The number of hydrogen-bond donors (Lipinski definition) is 0. The SMILES string of the molecule is CS(=O)(=O)N1CCCC(CC(CBr)c2ccc(Br)cc2)C1. The predicted molar refractivity (Wildman–Crippen MR) is 94.4 cm³/mol. The highest BCUT2D eigenvalue weighted by molar-refractivity contribution is 9.10. The highest BCUT2D eigenvalue weighted by Gasteiger charge is 2.27. The highest BCUT2D eigenvalue weighted by Crippen LogP contribution is 2.31. The molecule has 1 aliphatic rings. The second-order valence-corrected chi connectivity index (χ2v) is 9.31. The van der Waals surface area contributed by atoms with E-state index in [-0.39, 0.29) is 0 Å². The lowest BCUT2D eigenvalue weighted by atomic mass is 9.86. The Morgan fingerprint density at radius 2 is 2.00 bits per heavy atom. The Balaban J connectivity index is 2.03. The number of hydrogen-bond acceptors (Lipinski definition) is 2. The van der Waals surface area contributed by atoms with Crippen molar-refractivity contribution in [2.24, 2.45) is 5.92 Å². The van der Waals surface area contributed by atoms with E-state index in [2.05, 4.69) is 56.1 Å². The molecule has 1 aliphatic heterocycles. The summed E-state index contributed by atoms with van der Waals surface area (Å²) >= 11 is 7.07. The quantitative estimate of drug-likeness (QED) is 0.651. The zero-order valence-corrected chi connectivity index (χ0v) is 16.1. The van der Waals surface area contributed by atoms with Crippen molar-refractivity contribution >= 4 is 41.9 Å². The zero-order chi connectivity index (χ0) is 15.5. The van der Waals surface area contributed by atoms with E-state index < -0.39 is 10.0 Å². The predicted octanol–water partition coefficient (Wildman–Crippen LogP) is 3.99. The van der Waals surface area contributed by atoms with Gasteiger partial charge in [-0.15, -0.1) is 0 Å². The van der Waals surface area contributed by atoms with E-state index in [1.54, 1.807) is 4.31 Å². The number of alkyl halides is 1. The first-order valence-electron chi connectivity index (χ1n) is 7.16. The molecule has 0 bridgehead atoms. The summed E-state index contributed by atoms with van der Waals surface area (Å²) in [6.07, 6.45) is 4.42. The van der Waals surface area contributed by atoms with Crippen LogP contribution in [0.15, 0.2) is 28.7 Å². The van der Waals surface area contributed by atoms with Gasteiger partial charge in [-0.05, 0) is 48.8 Å². The molecular weight excluding hydrogens is 418 g/mol. The Morgan fingerprint density at radius 3 is 2.57 bits per heavy atom. The van der Waals surface area contributed by atoms with Gasteiger partial charge < -0.3 is 0 Å². The number of halogens is 2. The molecule has 0 spiro atoms. The van der Waals surface area contributed by atoms with Crippen molar-refractivity contribution in [3.8, 4) is 0 Å². The van der Waals surface area contributed by atoms with E-state index >= 15 is 0 Å². The van der Waals surface area contributed by atoms with Gasteiger partial charge in [-0.25, -0.2) is 12.7 Å². The molecule has 0 radical (unpaired) electrons. The summed E-state index contributed by atoms with van der Waals surface area (Å²) in [7, 11) is -3.06. The molecule has 1 saturated heterocycles. The fraction of sp³-hybridized carbons (Fsp3) is 0.600. The summed E-state index contributed by atoms with van der Waals surface area (Å²) in [4.78, 5) is 0. The van der Waals surface area contributed by atoms with Gasteiger partial charge in [0.05, 0.1) is 6.26 Å². The van der Waals surface area contributed by atoms with Crippen LogP contribution in [0.2, 0.25) is 0 Å². The molecule has 0 aliphatic carbocycles. The van der Waals surface area contributed by atoms with Crippen LogP contribution < -0.4 is 0 Å². The summed E-state index contributed by atoms with van der Waals surface area (Å²) in [6.45, 7) is 1.34. The maximum absolute atomic E-state index is 11.7. The van der Waals surface area contributed by atoms with Gasteiger partial charge in [0.2, 0.25) is 10.0 Å². The van der Waals surface area contributed by atoms with E-state index in [4.69, 9.17) is 0 Å². The second-order valence-electron chi connectivity index (χ2n) is 5.77. The van der Waals surface area contributed by atoms with Crippen molar-refractivity contribution in [2.75, 3.05) is 24.7 Å². The third kappa shape index (κ3) is 5.05. The normalized spacial score (nSPS) is 22.1. The van der Waals surface area contributed by atoms with Crippen LogP contribution in [0.1, 0.15) is 30.7 Å². The number of nitrogens with zero attached hydrogens (tertiary/aromatic N) is 1. The van der Waals surface area contributed by atoms with Crippen LogP contribution in [0.25, 0.3) is 0 Å². The molecule has 0 N–H and O–H groups in total. The molecular formula is C15H21Br2NO2S. The number of benzene rings is 1. The Hall–Kier alpha value is 0.0900. The van der Waals surface area contributed by atoms with Gasteiger partial charge in [0, 0.05) is 22.9 Å². The van der Waals surface area contributed by atoms with Crippen molar-refractivity contribution in [3.05, 3.63) is 34.3 Å². The van der Waals surface area contributed by atoms with E-state index in [9.17, 15) is 8.42 Å². The minimum absolute atomic E-state index is 0.433. The van der Waals surface area contributed by atoms with Gasteiger partial charge in [-0.3, -0.25) is 0 Å². The molecule has 0 amide bonds. The Bertz CT molecular complexity index is 560. The first-order valence-corrected chi connectivity index (χ1v) is 10.9. The summed E-state index contributed by atoms with van der Waals surface area (Å²) in [6, 6.07) is 8.42. The molecule has 1 aromatic rings. The maximum atomic E-state index is 11.7. The average molecular weight is 439 g/mol. The maximum Gasteiger partial charge on any atom is 0.211 e. The second kappa shape index (κ2) is 7.57. The summed E-state index contributed by atoms with van der Waals surface area (Å²) < 4.78 is 26.1. The smallest absolute Gasteiger partial charge is 0.211 e. The third-order valence-electron chi connectivity index (χ3n) is 4.10. The fourth-order valence-electron chi connectivity index (χ4n) is 2.95. The molecule has 2 atom stereocenters. The van der Waals surface area contributed by atoms with Crippen LogP contribution in [-0.2, 0) is 10.0 Å². The van der Waals surface area contributed by atoms with Crippen LogP contribution in [0.4, 0.5) is 0 Å². The van der Waals surface area contributed by atoms with E-state index in [1.807, 2.05) is 0 Å². The molecule has 21 heavy (non-hydrogen) atoms. The molecule has 2 rings (SSSR count). The topological polar surface area (TPSA) is 37.4 Å². The molecule has 1 fully saturated rings. The first-order chi connectivity index (χ1) is 9.90. The fourth-order valence-corrected chi connectivity index (χ4v) is 4.79. The van der Waals surface area contributed by atoms with Crippen LogP contribution in [0.3, 0.4) is 0 Å². The van der Waals surface area contributed by atoms with E-state index in [1.165, 1.54) is 11.8 Å². The monoisotopic (exact) mass is 437 g/mol. The Kier molecular flexibility index (Phi) is 6.29. The minimum Gasteiger partial charge on any atom is -0.213 e. The van der Waals surface area contributed by atoms with Crippen molar-refractivity contribution in [2.45, 2.75) is 25.2 Å². The molecule has 1 heterocycles. The average Bonchev–Trinajstić information content (AvgIpc) is 2.45. The van der Waals surface area contributed by atoms with Gasteiger partial charge >= 0.3 is 0 Å². The first kappa shape index (κ1) is 17.4. The van der Waals surface area contributed by atoms with E-state index in [0.29, 0.717) is 24.9 Å². The Morgan fingerprint density at radius 1 is 1.33 bits per heavy atom. The van der Waals surface area contributed by atoms with Gasteiger partial charge in [0.1, 0.15) is 0 Å². The van der Waals surface area contributed by atoms with Crippen molar-refractivity contribution < 1.29 is 8.42 Å². The number of sulfonamides is 1. The number of rotatable bonds is 5. The van der Waals surface area contributed by atoms with Gasteiger partial charge in [0.25, 0.3) is 0 Å². The van der Waals surface area contributed by atoms with Crippen molar-refractivity contribution in [1.29, 1.82) is 0 Å². The molecule has 0 aromatic heterocycles. The number of piperidine rings is 1. The van der Waals surface area contributed by atoms with Crippen molar-refractivity contribution in [1.82, 2.24) is 4.31 Å². The van der Waals surface area contributed by atoms with E-state index in [0.717, 1.165) is 29.1 Å². The molecule has 2 unspecified atom stereocenters. The van der Waals surface area contributed by atoms with Gasteiger partial charge in [0.15, 0.2) is 0 Å². The largest absolute Gasteiger partial charge is 0.213 e. The molecule has 0 saturated carbocycles. The zero-order valence-electron chi connectivity index (χ0n) is 12.1. The molecule has 6 heteroatoms. The summed E-state index contributed by atoms with van der Waals surface area (Å²) in [5, 5.41) is 0.907. The third-order valence-corrected chi connectivity index (χ3v) is 6.68. The highest BCUT2D eigenvalue weighted by atomic mass is 79.9. The standard InChI is InChI=1S/C15H21Br2NO2S/c1-21(19,20)18-8-2-3-12(11-18)9-14(10-16)13-4-6-15(17)7-5-13/h4-7,12,14H,2-3,8-11H2,1H3. The lowest BCUT2D eigenvalue weighted by molar-refractivity contribution is 0.249. The minimum atomic E-state index is -3.06. The van der Waals surface area contributed by atoms with Crippen LogP contribution in [-0.4, -0.2) is 37.4 Å². The lowest BCUT2D eigenvalue weighted by Gasteiger charge is -2.32. The summed E-state index contributed by atoms with van der Waals surface area (Å²) in [5.74, 6) is 0.877. The lowest BCUT2D eigenvalue weighted by Crippen LogP contribution is -2.39. The van der Waals surface area contributed by atoms with Crippen LogP contribution in [0, 0.1) is 5.92 Å². The molecule has 118 valence electrons. The van der Waals surface area contributed by atoms with Gasteiger partial charge in [-0.1, -0.05) is 44.0 Å².